The number of ether oxygens (including phenoxy) is 1. The molecule has 1 saturated heterocycles. The van der Waals surface area contributed by atoms with Crippen LogP contribution in [0.1, 0.15) is 30.9 Å². The Bertz CT molecular complexity index is 905. The minimum atomic E-state index is -0.697. The zero-order chi connectivity index (χ0) is 19.0. The molecule has 1 aromatic heterocycles. The summed E-state index contributed by atoms with van der Waals surface area (Å²) in [6, 6.07) is 3.43. The summed E-state index contributed by atoms with van der Waals surface area (Å²) in [6.45, 7) is 6.51. The van der Waals surface area contributed by atoms with E-state index < -0.39 is 11.7 Å². The molecule has 2 heterocycles. The van der Waals surface area contributed by atoms with Gasteiger partial charge in [0.2, 0.25) is 0 Å². The maximum atomic E-state index is 12.6. The average molecular weight is 415 g/mol. The summed E-state index contributed by atoms with van der Waals surface area (Å²) in [4.78, 5) is 26.2. The van der Waals surface area contributed by atoms with Crippen molar-refractivity contribution in [1.29, 1.82) is 0 Å². The van der Waals surface area contributed by atoms with Gasteiger partial charge >= 0.3 is 5.63 Å². The van der Waals surface area contributed by atoms with Crippen molar-refractivity contribution in [3.63, 3.8) is 0 Å². The third-order valence-electron chi connectivity index (χ3n) is 5.01. The molecule has 3 rings (SSSR count). The van der Waals surface area contributed by atoms with Crippen LogP contribution in [0.25, 0.3) is 11.0 Å². The second-order valence-corrected chi connectivity index (χ2v) is 7.25. The molecule has 6 nitrogen and oxygen atoms in total. The molecule has 1 amide bonds. The molecule has 148 valence electrons. The summed E-state index contributed by atoms with van der Waals surface area (Å²) in [7, 11) is 0. The molecule has 2 aromatic rings. The van der Waals surface area contributed by atoms with Crippen molar-refractivity contribution in [2.75, 3.05) is 13.1 Å². The first-order valence-corrected chi connectivity index (χ1v) is 9.10. The van der Waals surface area contributed by atoms with Gasteiger partial charge in [0.25, 0.3) is 5.91 Å². The van der Waals surface area contributed by atoms with Gasteiger partial charge in [0, 0.05) is 36.1 Å². The zero-order valence-corrected chi connectivity index (χ0v) is 17.2. The van der Waals surface area contributed by atoms with E-state index in [1.807, 2.05) is 6.92 Å². The molecule has 0 radical (unpaired) electrons. The van der Waals surface area contributed by atoms with E-state index >= 15 is 0 Å². The van der Waals surface area contributed by atoms with Crippen LogP contribution in [0, 0.1) is 13.8 Å². The Morgan fingerprint density at radius 3 is 2.56 bits per heavy atom. The fourth-order valence-electron chi connectivity index (χ4n) is 3.15. The van der Waals surface area contributed by atoms with E-state index in [-0.39, 0.29) is 24.4 Å². The van der Waals surface area contributed by atoms with E-state index in [1.165, 1.54) is 0 Å². The van der Waals surface area contributed by atoms with Gasteiger partial charge in [-0.1, -0.05) is 11.6 Å². The van der Waals surface area contributed by atoms with Gasteiger partial charge in [-0.3, -0.25) is 4.79 Å². The molecule has 8 heteroatoms. The van der Waals surface area contributed by atoms with Crippen LogP contribution in [0.3, 0.4) is 0 Å². The summed E-state index contributed by atoms with van der Waals surface area (Å²) in [6.07, 6.45) is 0.885. The maximum absolute atomic E-state index is 12.6. The molecular formula is C19H24Cl2N2O4. The van der Waals surface area contributed by atoms with Crippen molar-refractivity contribution < 1.29 is 13.9 Å². The van der Waals surface area contributed by atoms with Crippen molar-refractivity contribution in [2.24, 2.45) is 5.73 Å². The Balaban J connectivity index is 0.00000261. The fraction of sp³-hybridized carbons (Fsp3) is 0.474. The lowest BCUT2D eigenvalue weighted by Crippen LogP contribution is -2.47. The fourth-order valence-corrected chi connectivity index (χ4v) is 3.36. The lowest BCUT2D eigenvalue weighted by Gasteiger charge is -2.32. The van der Waals surface area contributed by atoms with Crippen LogP contribution in [-0.4, -0.2) is 36.0 Å². The number of carbonyl (C=O) groups is 1. The van der Waals surface area contributed by atoms with Crippen LogP contribution in [0.5, 0.6) is 5.75 Å². The molecule has 0 bridgehead atoms. The largest absolute Gasteiger partial charge is 0.479 e. The molecular weight excluding hydrogens is 391 g/mol. The van der Waals surface area contributed by atoms with E-state index in [0.717, 1.165) is 23.8 Å². The Morgan fingerprint density at radius 2 is 1.93 bits per heavy atom. The zero-order valence-electron chi connectivity index (χ0n) is 15.6. The van der Waals surface area contributed by atoms with Crippen molar-refractivity contribution in [3.05, 3.63) is 38.7 Å². The first-order chi connectivity index (χ1) is 12.3. The van der Waals surface area contributed by atoms with Gasteiger partial charge in [-0.2, -0.15) is 0 Å². The van der Waals surface area contributed by atoms with Crippen LogP contribution in [-0.2, 0) is 4.79 Å². The first kappa shape index (κ1) is 21.5. The minimum absolute atomic E-state index is 0. The number of rotatable bonds is 3. The minimum Gasteiger partial charge on any atom is -0.479 e. The number of carbonyl (C=O) groups excluding carboxylic acids is 1. The molecule has 1 unspecified atom stereocenters. The molecule has 27 heavy (non-hydrogen) atoms. The molecule has 1 aliphatic rings. The van der Waals surface area contributed by atoms with Gasteiger partial charge in [-0.15, -0.1) is 12.4 Å². The predicted octanol–water partition coefficient (Wildman–Crippen LogP) is 3.20. The number of halogens is 2. The average Bonchev–Trinajstić information content (AvgIpc) is 2.61. The second-order valence-electron chi connectivity index (χ2n) is 6.84. The number of amides is 1. The molecule has 1 aromatic carbocycles. The molecule has 0 spiro atoms. The maximum Gasteiger partial charge on any atom is 0.339 e. The monoisotopic (exact) mass is 414 g/mol. The normalized spacial score (nSPS) is 16.1. The van der Waals surface area contributed by atoms with E-state index in [1.54, 1.807) is 30.9 Å². The van der Waals surface area contributed by atoms with Gasteiger partial charge in [0.05, 0.1) is 5.02 Å². The predicted molar refractivity (Wildman–Crippen MR) is 108 cm³/mol. The van der Waals surface area contributed by atoms with Crippen molar-refractivity contribution in [1.82, 2.24) is 4.90 Å². The molecule has 0 aliphatic carbocycles. The number of likely N-dealkylation sites (tertiary alicyclic amines) is 1. The second kappa shape index (κ2) is 8.50. The topological polar surface area (TPSA) is 85.8 Å². The quantitative estimate of drug-likeness (QED) is 0.779. The number of fused-ring (bicyclic) bond motifs is 1. The number of hydrogen-bond donors (Lipinski definition) is 1. The summed E-state index contributed by atoms with van der Waals surface area (Å²) >= 11 is 6.33. The number of nitrogens with two attached hydrogens (primary N) is 1. The molecule has 2 N–H and O–H groups in total. The molecule has 1 fully saturated rings. The van der Waals surface area contributed by atoms with E-state index in [9.17, 15) is 9.59 Å². The SMILES string of the molecule is Cc1c(C)c2cc(Cl)c(OC(C)C(=O)N3CCC(N)CC3)cc2oc1=O.Cl. The lowest BCUT2D eigenvalue weighted by molar-refractivity contribution is -0.139. The summed E-state index contributed by atoms with van der Waals surface area (Å²) in [5.74, 6) is 0.217. The highest BCUT2D eigenvalue weighted by Gasteiger charge is 2.26. The van der Waals surface area contributed by atoms with Gasteiger partial charge < -0.3 is 19.8 Å². The van der Waals surface area contributed by atoms with Crippen LogP contribution in [0.2, 0.25) is 5.02 Å². The highest BCUT2D eigenvalue weighted by Crippen LogP contribution is 2.32. The Hall–Kier alpha value is -1.76. The molecule has 1 atom stereocenters. The Kier molecular flexibility index (Phi) is 6.78. The molecule has 1 aliphatic heterocycles. The third-order valence-corrected chi connectivity index (χ3v) is 5.31. The highest BCUT2D eigenvalue weighted by molar-refractivity contribution is 6.32. The number of piperidine rings is 1. The van der Waals surface area contributed by atoms with E-state index in [2.05, 4.69) is 0 Å². The van der Waals surface area contributed by atoms with Gasteiger partial charge in [-0.25, -0.2) is 4.79 Å². The van der Waals surface area contributed by atoms with Crippen LogP contribution < -0.4 is 16.1 Å². The summed E-state index contributed by atoms with van der Waals surface area (Å²) in [5, 5.41) is 1.12. The van der Waals surface area contributed by atoms with Crippen LogP contribution in [0.4, 0.5) is 0 Å². The van der Waals surface area contributed by atoms with Gasteiger partial charge in [0.1, 0.15) is 11.3 Å². The Morgan fingerprint density at radius 1 is 1.30 bits per heavy atom. The number of hydrogen-bond acceptors (Lipinski definition) is 5. The summed E-state index contributed by atoms with van der Waals surface area (Å²) in [5.41, 5.74) is 7.25. The van der Waals surface area contributed by atoms with Crippen LogP contribution >= 0.6 is 24.0 Å². The number of aryl methyl sites for hydroxylation is 1. The van der Waals surface area contributed by atoms with E-state index in [0.29, 0.717) is 35.0 Å². The number of benzene rings is 1. The van der Waals surface area contributed by atoms with Crippen molar-refractivity contribution in [2.45, 2.75) is 45.8 Å². The first-order valence-electron chi connectivity index (χ1n) is 8.72. The molecule has 0 saturated carbocycles. The van der Waals surface area contributed by atoms with Crippen molar-refractivity contribution in [3.8, 4) is 5.75 Å². The lowest BCUT2D eigenvalue weighted by atomic mass is 10.1. The smallest absolute Gasteiger partial charge is 0.339 e. The standard InChI is InChI=1S/C19H23ClN2O4.ClH/c1-10-11(2)19(24)26-16-9-17(15(20)8-14(10)16)25-12(3)18(23)22-6-4-13(21)5-7-22;/h8-9,12-13H,4-7,21H2,1-3H3;1H. The highest BCUT2D eigenvalue weighted by atomic mass is 35.5. The van der Waals surface area contributed by atoms with Crippen molar-refractivity contribution >= 4 is 40.9 Å². The Labute approximate surface area is 169 Å². The van der Waals surface area contributed by atoms with Crippen LogP contribution in [0.15, 0.2) is 21.3 Å². The van der Waals surface area contributed by atoms with Gasteiger partial charge in [0.15, 0.2) is 6.10 Å². The van der Waals surface area contributed by atoms with E-state index in [4.69, 9.17) is 26.5 Å². The third kappa shape index (κ3) is 4.39. The van der Waals surface area contributed by atoms with Gasteiger partial charge in [-0.05, 0) is 45.2 Å². The number of nitrogens with zero attached hydrogens (tertiary/aromatic N) is 1. The summed E-state index contributed by atoms with van der Waals surface area (Å²) < 4.78 is 11.1.